The van der Waals surface area contributed by atoms with Crippen LogP contribution < -0.4 is 0 Å². The molecular weight excluding hydrogens is 148 g/mol. The number of thioether (sulfide) groups is 1. The second kappa shape index (κ2) is 3.63. The zero-order valence-electron chi connectivity index (χ0n) is 5.82. The second-order valence-corrected chi connectivity index (χ2v) is 2.75. The van der Waals surface area contributed by atoms with E-state index in [-0.39, 0.29) is 6.61 Å². The summed E-state index contributed by atoms with van der Waals surface area (Å²) in [6, 6.07) is 0. The van der Waals surface area contributed by atoms with Gasteiger partial charge >= 0.3 is 0 Å². The molecule has 3 nitrogen and oxygen atoms in total. The van der Waals surface area contributed by atoms with Gasteiger partial charge in [-0.2, -0.15) is 5.10 Å². The first-order valence-electron chi connectivity index (χ1n) is 3.04. The third-order valence-corrected chi connectivity index (χ3v) is 1.86. The lowest BCUT2D eigenvalue weighted by atomic mass is 10.7. The number of aromatic nitrogens is 2. The van der Waals surface area contributed by atoms with Gasteiger partial charge in [-0.1, -0.05) is 0 Å². The molecule has 4 heteroatoms. The van der Waals surface area contributed by atoms with E-state index >= 15 is 0 Å². The van der Waals surface area contributed by atoms with Gasteiger partial charge in [0.2, 0.25) is 0 Å². The highest BCUT2D eigenvalue weighted by Crippen LogP contribution is 2.11. The van der Waals surface area contributed by atoms with E-state index in [0.29, 0.717) is 6.54 Å². The molecule has 0 radical (unpaired) electrons. The lowest BCUT2D eigenvalue weighted by molar-refractivity contribution is 0.269. The van der Waals surface area contributed by atoms with Crippen molar-refractivity contribution in [3.05, 3.63) is 12.4 Å². The van der Waals surface area contributed by atoms with Crippen LogP contribution in [0.1, 0.15) is 0 Å². The molecule has 1 N–H and O–H groups in total. The summed E-state index contributed by atoms with van der Waals surface area (Å²) in [7, 11) is 0. The van der Waals surface area contributed by atoms with Gasteiger partial charge in [0.1, 0.15) is 0 Å². The van der Waals surface area contributed by atoms with E-state index in [9.17, 15) is 0 Å². The Labute approximate surface area is 64.1 Å². The zero-order valence-corrected chi connectivity index (χ0v) is 6.64. The van der Waals surface area contributed by atoms with E-state index in [4.69, 9.17) is 5.11 Å². The number of aliphatic hydroxyl groups excluding tert-OH is 1. The Balaban J connectivity index is 2.59. The summed E-state index contributed by atoms with van der Waals surface area (Å²) in [5.74, 6) is 0. The summed E-state index contributed by atoms with van der Waals surface area (Å²) in [6.45, 7) is 0.732. The van der Waals surface area contributed by atoms with Crippen LogP contribution in [0.4, 0.5) is 0 Å². The fourth-order valence-electron chi connectivity index (χ4n) is 0.675. The van der Waals surface area contributed by atoms with Gasteiger partial charge in [-0.3, -0.25) is 4.68 Å². The van der Waals surface area contributed by atoms with Crippen LogP contribution in [0.5, 0.6) is 0 Å². The van der Waals surface area contributed by atoms with E-state index < -0.39 is 0 Å². The summed E-state index contributed by atoms with van der Waals surface area (Å²) in [4.78, 5) is 1.13. The molecule has 1 aromatic rings. The minimum Gasteiger partial charge on any atom is -0.394 e. The van der Waals surface area contributed by atoms with Gasteiger partial charge in [-0.25, -0.2) is 0 Å². The first kappa shape index (κ1) is 7.63. The molecule has 10 heavy (non-hydrogen) atoms. The van der Waals surface area contributed by atoms with Crippen molar-refractivity contribution in [3.63, 3.8) is 0 Å². The van der Waals surface area contributed by atoms with Gasteiger partial charge in [-0.15, -0.1) is 11.8 Å². The maximum Gasteiger partial charge on any atom is 0.0641 e. The predicted molar refractivity (Wildman–Crippen MR) is 41.1 cm³/mol. The lowest BCUT2D eigenvalue weighted by Crippen LogP contribution is -2.01. The van der Waals surface area contributed by atoms with Crippen molar-refractivity contribution in [2.45, 2.75) is 11.4 Å². The Morgan fingerprint density at radius 1 is 1.80 bits per heavy atom. The lowest BCUT2D eigenvalue weighted by Gasteiger charge is -1.93. The monoisotopic (exact) mass is 158 g/mol. The minimum atomic E-state index is 0.148. The molecule has 0 spiro atoms. The number of hydrogen-bond donors (Lipinski definition) is 1. The third-order valence-electron chi connectivity index (χ3n) is 1.17. The maximum atomic E-state index is 8.53. The highest BCUT2D eigenvalue weighted by Gasteiger charge is 1.93. The minimum absolute atomic E-state index is 0.148. The summed E-state index contributed by atoms with van der Waals surface area (Å²) in [5.41, 5.74) is 0. The van der Waals surface area contributed by atoms with Gasteiger partial charge < -0.3 is 5.11 Å². The van der Waals surface area contributed by atoms with Gasteiger partial charge in [0.05, 0.1) is 19.3 Å². The Bertz CT molecular complexity index is 199. The molecule has 0 amide bonds. The van der Waals surface area contributed by atoms with E-state index in [1.807, 2.05) is 12.5 Å². The maximum absolute atomic E-state index is 8.53. The van der Waals surface area contributed by atoms with Crippen molar-refractivity contribution in [3.8, 4) is 0 Å². The molecule has 0 bridgehead atoms. The summed E-state index contributed by atoms with van der Waals surface area (Å²) in [6.07, 6.45) is 5.71. The molecule has 0 aliphatic heterocycles. The molecule has 0 atom stereocenters. The largest absolute Gasteiger partial charge is 0.394 e. The first-order valence-corrected chi connectivity index (χ1v) is 4.26. The molecule has 56 valence electrons. The van der Waals surface area contributed by atoms with Crippen LogP contribution in [0.15, 0.2) is 17.3 Å². The van der Waals surface area contributed by atoms with Gasteiger partial charge in [0.15, 0.2) is 0 Å². The van der Waals surface area contributed by atoms with Gasteiger partial charge in [-0.05, 0) is 6.26 Å². The average molecular weight is 158 g/mol. The number of hydrogen-bond acceptors (Lipinski definition) is 3. The van der Waals surface area contributed by atoms with Gasteiger partial charge in [0, 0.05) is 11.1 Å². The van der Waals surface area contributed by atoms with E-state index in [1.165, 1.54) is 0 Å². The quantitative estimate of drug-likeness (QED) is 0.654. The fourth-order valence-corrected chi connectivity index (χ4v) is 1.05. The second-order valence-electron chi connectivity index (χ2n) is 1.87. The summed E-state index contributed by atoms with van der Waals surface area (Å²) < 4.78 is 1.73. The van der Waals surface area contributed by atoms with Crippen LogP contribution in [0.3, 0.4) is 0 Å². The highest BCUT2D eigenvalue weighted by molar-refractivity contribution is 7.98. The number of rotatable bonds is 3. The van der Waals surface area contributed by atoms with Crippen molar-refractivity contribution in [1.82, 2.24) is 9.78 Å². The first-order chi connectivity index (χ1) is 4.86. The van der Waals surface area contributed by atoms with Crippen molar-refractivity contribution >= 4 is 11.8 Å². The van der Waals surface area contributed by atoms with E-state index in [0.717, 1.165) is 4.90 Å². The summed E-state index contributed by atoms with van der Waals surface area (Å²) >= 11 is 1.65. The smallest absolute Gasteiger partial charge is 0.0641 e. The van der Waals surface area contributed by atoms with Crippen LogP contribution in [-0.2, 0) is 6.54 Å². The molecule has 0 unspecified atom stereocenters. The van der Waals surface area contributed by atoms with Crippen molar-refractivity contribution in [2.24, 2.45) is 0 Å². The molecule has 0 aromatic carbocycles. The van der Waals surface area contributed by atoms with Crippen molar-refractivity contribution in [1.29, 1.82) is 0 Å². The average Bonchev–Trinajstić information content (AvgIpc) is 2.37. The van der Waals surface area contributed by atoms with Crippen LogP contribution in [0, 0.1) is 0 Å². The zero-order chi connectivity index (χ0) is 7.40. The topological polar surface area (TPSA) is 38.0 Å². The standard InChI is InChI=1S/C6H10N2OS/c1-10-6-4-7-8(5-6)2-3-9/h4-5,9H,2-3H2,1H3. The SMILES string of the molecule is CSc1cnn(CCO)c1. The Hall–Kier alpha value is -0.480. The normalized spacial score (nSPS) is 10.2. The predicted octanol–water partition coefficient (Wildman–Crippen LogP) is 0.597. The summed E-state index contributed by atoms with van der Waals surface area (Å²) in [5, 5.41) is 12.5. The van der Waals surface area contributed by atoms with Crippen LogP contribution in [0.25, 0.3) is 0 Å². The Morgan fingerprint density at radius 3 is 3.10 bits per heavy atom. The molecule has 0 fully saturated rings. The molecular formula is C6H10N2OS. The van der Waals surface area contributed by atoms with Crippen LogP contribution >= 0.6 is 11.8 Å². The third kappa shape index (κ3) is 1.75. The molecule has 1 rings (SSSR count). The highest BCUT2D eigenvalue weighted by atomic mass is 32.2. The Kier molecular flexibility index (Phi) is 2.77. The molecule has 0 aliphatic rings. The molecule has 0 saturated heterocycles. The molecule has 0 aliphatic carbocycles. The van der Waals surface area contributed by atoms with E-state index in [1.54, 1.807) is 22.6 Å². The fraction of sp³-hybridized carbons (Fsp3) is 0.500. The Morgan fingerprint density at radius 2 is 2.60 bits per heavy atom. The van der Waals surface area contributed by atoms with Crippen LogP contribution in [-0.4, -0.2) is 27.7 Å². The van der Waals surface area contributed by atoms with E-state index in [2.05, 4.69) is 5.10 Å². The van der Waals surface area contributed by atoms with Gasteiger partial charge in [0.25, 0.3) is 0 Å². The van der Waals surface area contributed by atoms with Crippen molar-refractivity contribution < 1.29 is 5.11 Å². The number of aliphatic hydroxyl groups is 1. The molecule has 0 saturated carbocycles. The molecule has 1 aromatic heterocycles. The molecule has 1 heterocycles. The van der Waals surface area contributed by atoms with Crippen molar-refractivity contribution in [2.75, 3.05) is 12.9 Å². The van der Waals surface area contributed by atoms with Crippen LogP contribution in [0.2, 0.25) is 0 Å². The number of nitrogens with zero attached hydrogens (tertiary/aromatic N) is 2.